The summed E-state index contributed by atoms with van der Waals surface area (Å²) in [6.45, 7) is 0.296. The summed E-state index contributed by atoms with van der Waals surface area (Å²) in [5, 5.41) is 12.2. The number of nitriles is 1. The van der Waals surface area contributed by atoms with Crippen molar-refractivity contribution in [2.45, 2.75) is 43.9 Å². The van der Waals surface area contributed by atoms with E-state index in [0.29, 0.717) is 18.4 Å². The van der Waals surface area contributed by atoms with Gasteiger partial charge in [0.2, 0.25) is 5.95 Å². The standard InChI is InChI=1S/C22H23F3N6O2/c1-28-19-9-17(20(27)32)29-21(30-19)31-15-3-4-16(31)7-12(6-15)11-33-18-5-2-14(22(23,24)25)8-13(18)10-26/h2,5,8-9,12,15-16H,3-4,6-7,11H2,1H3,(H2,27,32)(H,28,29,30)/t12-,15+,16-. The second kappa shape index (κ2) is 8.77. The molecule has 2 aliphatic rings. The summed E-state index contributed by atoms with van der Waals surface area (Å²) in [6, 6.07) is 6.52. The molecule has 0 radical (unpaired) electrons. The van der Waals surface area contributed by atoms with Crippen LogP contribution in [0.25, 0.3) is 0 Å². The minimum Gasteiger partial charge on any atom is -0.492 e. The number of primary amides is 1. The number of alkyl halides is 3. The molecule has 3 heterocycles. The largest absolute Gasteiger partial charge is 0.492 e. The van der Waals surface area contributed by atoms with Crippen LogP contribution in [0.5, 0.6) is 5.75 Å². The number of halogens is 3. The SMILES string of the molecule is CNc1cc(C(N)=O)nc(N2[C@@H]3CC[C@H]2C[C@@H](COc2ccc(C(F)(F)F)cc2C#N)C3)n1. The molecule has 2 bridgehead atoms. The molecule has 174 valence electrons. The molecule has 33 heavy (non-hydrogen) atoms. The van der Waals surface area contributed by atoms with E-state index in [0.717, 1.165) is 37.8 Å². The van der Waals surface area contributed by atoms with Crippen LogP contribution in [-0.2, 0) is 6.18 Å². The number of carbonyl (C=O) groups excluding carboxylic acids is 1. The highest BCUT2D eigenvalue weighted by atomic mass is 19.4. The van der Waals surface area contributed by atoms with Gasteiger partial charge in [0.1, 0.15) is 23.3 Å². The van der Waals surface area contributed by atoms with Gasteiger partial charge in [-0.2, -0.15) is 23.4 Å². The summed E-state index contributed by atoms with van der Waals surface area (Å²) in [5.41, 5.74) is 4.54. The summed E-state index contributed by atoms with van der Waals surface area (Å²) >= 11 is 0. The van der Waals surface area contributed by atoms with E-state index in [2.05, 4.69) is 20.2 Å². The summed E-state index contributed by atoms with van der Waals surface area (Å²) in [6.07, 6.45) is -1.10. The quantitative estimate of drug-likeness (QED) is 0.679. The fourth-order valence-corrected chi connectivity index (χ4v) is 4.68. The highest BCUT2D eigenvalue weighted by molar-refractivity contribution is 5.91. The average Bonchev–Trinajstić information content (AvgIpc) is 3.06. The van der Waals surface area contributed by atoms with Crippen LogP contribution < -0.4 is 20.7 Å². The van der Waals surface area contributed by atoms with Crippen molar-refractivity contribution in [1.82, 2.24) is 9.97 Å². The lowest BCUT2D eigenvalue weighted by Crippen LogP contribution is -2.45. The molecular formula is C22H23F3N6O2. The minimum atomic E-state index is -4.52. The van der Waals surface area contributed by atoms with Gasteiger partial charge < -0.3 is 20.7 Å². The molecule has 11 heteroatoms. The van der Waals surface area contributed by atoms with Gasteiger partial charge in [-0.1, -0.05) is 0 Å². The Morgan fingerprint density at radius 2 is 1.97 bits per heavy atom. The average molecular weight is 460 g/mol. The number of carbonyl (C=O) groups is 1. The number of aromatic nitrogens is 2. The van der Waals surface area contributed by atoms with Crippen molar-refractivity contribution >= 4 is 17.7 Å². The lowest BCUT2D eigenvalue weighted by molar-refractivity contribution is -0.137. The number of rotatable bonds is 6. The first kappa shape index (κ1) is 22.6. The van der Waals surface area contributed by atoms with Gasteiger partial charge in [0.05, 0.1) is 17.7 Å². The van der Waals surface area contributed by atoms with Gasteiger partial charge in [0.25, 0.3) is 5.91 Å². The van der Waals surface area contributed by atoms with Gasteiger partial charge in [-0.05, 0) is 49.8 Å². The Kier molecular flexibility index (Phi) is 6.01. The molecule has 1 aromatic carbocycles. The predicted octanol–water partition coefficient (Wildman–Crippen LogP) is 3.33. The number of hydrogen-bond acceptors (Lipinski definition) is 7. The molecule has 0 unspecified atom stereocenters. The molecule has 3 N–H and O–H groups in total. The number of benzene rings is 1. The van der Waals surface area contributed by atoms with Gasteiger partial charge in [-0.25, -0.2) is 4.98 Å². The molecule has 2 aromatic rings. The Balaban J connectivity index is 1.46. The molecular weight excluding hydrogens is 437 g/mol. The number of fused-ring (bicyclic) bond motifs is 2. The number of ether oxygens (including phenoxy) is 1. The molecule has 3 atom stereocenters. The third-order valence-corrected chi connectivity index (χ3v) is 6.19. The van der Waals surface area contributed by atoms with E-state index in [-0.39, 0.29) is 35.0 Å². The first-order chi connectivity index (χ1) is 15.7. The zero-order chi connectivity index (χ0) is 23.8. The van der Waals surface area contributed by atoms with E-state index in [1.807, 2.05) is 0 Å². The normalized spacial score (nSPS) is 22.0. The number of nitrogens with one attached hydrogen (secondary N) is 1. The minimum absolute atomic E-state index is 0.138. The van der Waals surface area contributed by atoms with Gasteiger partial charge in [-0.15, -0.1) is 0 Å². The topological polar surface area (TPSA) is 117 Å². The van der Waals surface area contributed by atoms with Crippen molar-refractivity contribution in [2.75, 3.05) is 23.9 Å². The van der Waals surface area contributed by atoms with Crippen LogP contribution >= 0.6 is 0 Å². The van der Waals surface area contributed by atoms with Crippen molar-refractivity contribution in [3.05, 3.63) is 41.1 Å². The Morgan fingerprint density at radius 1 is 1.27 bits per heavy atom. The number of anilines is 2. The Hall–Kier alpha value is -3.55. The molecule has 2 aliphatic heterocycles. The summed E-state index contributed by atoms with van der Waals surface area (Å²) in [5.74, 6) is 0.643. The number of amides is 1. The molecule has 8 nitrogen and oxygen atoms in total. The smallest absolute Gasteiger partial charge is 0.416 e. The first-order valence-corrected chi connectivity index (χ1v) is 10.6. The van der Waals surface area contributed by atoms with Crippen molar-refractivity contribution in [2.24, 2.45) is 11.7 Å². The second-order valence-electron chi connectivity index (χ2n) is 8.31. The van der Waals surface area contributed by atoms with E-state index in [1.54, 1.807) is 13.1 Å². The van der Waals surface area contributed by atoms with E-state index in [9.17, 15) is 23.2 Å². The lowest BCUT2D eigenvalue weighted by Gasteiger charge is -2.39. The van der Waals surface area contributed by atoms with Gasteiger partial charge in [0, 0.05) is 25.2 Å². The number of nitrogens with zero attached hydrogens (tertiary/aromatic N) is 4. The Labute approximate surface area is 188 Å². The van der Waals surface area contributed by atoms with E-state index >= 15 is 0 Å². The maximum atomic E-state index is 12.9. The van der Waals surface area contributed by atoms with Gasteiger partial charge >= 0.3 is 6.18 Å². The van der Waals surface area contributed by atoms with Crippen LogP contribution in [0, 0.1) is 17.2 Å². The number of piperidine rings is 1. The molecule has 0 saturated carbocycles. The molecule has 1 aromatic heterocycles. The zero-order valence-electron chi connectivity index (χ0n) is 17.9. The van der Waals surface area contributed by atoms with Crippen molar-refractivity contribution in [3.8, 4) is 11.8 Å². The molecule has 0 aliphatic carbocycles. The van der Waals surface area contributed by atoms with Gasteiger partial charge in [0.15, 0.2) is 0 Å². The molecule has 4 rings (SSSR count). The molecule has 0 spiro atoms. The fraction of sp³-hybridized carbons (Fsp3) is 0.455. The van der Waals surface area contributed by atoms with Crippen molar-refractivity contribution in [1.29, 1.82) is 5.26 Å². The maximum Gasteiger partial charge on any atom is 0.416 e. The van der Waals surface area contributed by atoms with Crippen LogP contribution in [0.15, 0.2) is 24.3 Å². The fourth-order valence-electron chi connectivity index (χ4n) is 4.68. The summed E-state index contributed by atoms with van der Waals surface area (Å²) < 4.78 is 44.5. The van der Waals surface area contributed by atoms with E-state index < -0.39 is 17.6 Å². The van der Waals surface area contributed by atoms with Crippen molar-refractivity contribution < 1.29 is 22.7 Å². The highest BCUT2D eigenvalue weighted by Gasteiger charge is 2.42. The molecule has 2 fully saturated rings. The van der Waals surface area contributed by atoms with Gasteiger partial charge in [-0.3, -0.25) is 4.79 Å². The second-order valence-corrected chi connectivity index (χ2v) is 8.31. The lowest BCUT2D eigenvalue weighted by atomic mass is 9.91. The Morgan fingerprint density at radius 3 is 2.55 bits per heavy atom. The van der Waals surface area contributed by atoms with Crippen LogP contribution in [0.4, 0.5) is 24.9 Å². The monoisotopic (exact) mass is 460 g/mol. The maximum absolute atomic E-state index is 12.9. The third kappa shape index (κ3) is 4.65. The van der Waals surface area contributed by atoms with E-state index in [1.165, 1.54) is 12.1 Å². The number of hydrogen-bond donors (Lipinski definition) is 2. The Bertz CT molecular complexity index is 1090. The van der Waals surface area contributed by atoms with Crippen LogP contribution in [0.1, 0.15) is 47.3 Å². The zero-order valence-corrected chi connectivity index (χ0v) is 17.9. The number of nitrogens with two attached hydrogens (primary N) is 1. The third-order valence-electron chi connectivity index (χ3n) is 6.19. The van der Waals surface area contributed by atoms with E-state index in [4.69, 9.17) is 10.5 Å². The van der Waals surface area contributed by atoms with Crippen molar-refractivity contribution in [3.63, 3.8) is 0 Å². The highest BCUT2D eigenvalue weighted by Crippen LogP contribution is 2.41. The predicted molar refractivity (Wildman–Crippen MR) is 114 cm³/mol. The molecule has 1 amide bonds. The summed E-state index contributed by atoms with van der Waals surface area (Å²) in [4.78, 5) is 22.7. The first-order valence-electron chi connectivity index (χ1n) is 10.6. The van der Waals surface area contributed by atoms with Crippen LogP contribution in [-0.4, -0.2) is 41.6 Å². The summed E-state index contributed by atoms with van der Waals surface area (Å²) in [7, 11) is 1.70. The van der Waals surface area contributed by atoms with Crippen LogP contribution in [0.2, 0.25) is 0 Å². The molecule has 2 saturated heterocycles. The van der Waals surface area contributed by atoms with Crippen LogP contribution in [0.3, 0.4) is 0 Å².